The molecule has 1 heterocycles. The number of ether oxygens (including phenoxy) is 3. The first-order valence-electron chi connectivity index (χ1n) is 10.5. The van der Waals surface area contributed by atoms with Gasteiger partial charge in [0, 0.05) is 42.2 Å². The lowest BCUT2D eigenvalue weighted by molar-refractivity contribution is -0.125. The second-order valence-corrected chi connectivity index (χ2v) is 8.05. The summed E-state index contributed by atoms with van der Waals surface area (Å²) in [6.07, 6.45) is 2.03. The number of carbonyl (C=O) groups excluding carboxylic acids is 2. The fraction of sp³-hybridized carbons (Fsp3) is 0.417. The Morgan fingerprint density at radius 1 is 0.935 bits per heavy atom. The molecule has 4 rings (SSSR count). The van der Waals surface area contributed by atoms with Crippen LogP contribution in [0.15, 0.2) is 42.5 Å². The van der Waals surface area contributed by atoms with Crippen LogP contribution in [0.4, 0.5) is 0 Å². The maximum Gasteiger partial charge on any atom is 0.254 e. The van der Waals surface area contributed by atoms with Crippen molar-refractivity contribution in [2.45, 2.75) is 24.8 Å². The molecule has 0 bridgehead atoms. The van der Waals surface area contributed by atoms with Crippen molar-refractivity contribution in [3.8, 4) is 17.2 Å². The summed E-state index contributed by atoms with van der Waals surface area (Å²) < 4.78 is 16.2. The highest BCUT2D eigenvalue weighted by Crippen LogP contribution is 2.40. The maximum absolute atomic E-state index is 13.2. The Bertz CT molecular complexity index is 972. The van der Waals surface area contributed by atoms with E-state index >= 15 is 0 Å². The van der Waals surface area contributed by atoms with Crippen molar-refractivity contribution < 1.29 is 23.8 Å². The van der Waals surface area contributed by atoms with Crippen LogP contribution in [0.25, 0.3) is 0 Å². The van der Waals surface area contributed by atoms with Crippen LogP contribution in [0.1, 0.15) is 34.7 Å². The van der Waals surface area contributed by atoms with Crippen LogP contribution >= 0.6 is 0 Å². The topological polar surface area (TPSA) is 77.1 Å². The molecule has 7 heteroatoms. The summed E-state index contributed by atoms with van der Waals surface area (Å²) >= 11 is 0. The molecular formula is C24H28N2O5. The molecule has 164 valence electrons. The predicted octanol–water partition coefficient (Wildman–Crippen LogP) is 2.85. The SMILES string of the molecule is COc1cccc(C(=O)N2CC(C(=O)NC3CC3)C(c3ccc(OC)cc3OC)C2)c1. The number of methoxy groups -OCH3 is 3. The van der Waals surface area contributed by atoms with E-state index in [0.29, 0.717) is 35.9 Å². The van der Waals surface area contributed by atoms with E-state index in [0.717, 1.165) is 18.4 Å². The molecule has 2 aliphatic rings. The first-order valence-corrected chi connectivity index (χ1v) is 10.5. The summed E-state index contributed by atoms with van der Waals surface area (Å²) in [7, 11) is 4.78. The van der Waals surface area contributed by atoms with Gasteiger partial charge in [-0.05, 0) is 37.1 Å². The molecule has 1 aliphatic heterocycles. The van der Waals surface area contributed by atoms with Crippen molar-refractivity contribution in [1.29, 1.82) is 0 Å². The third-order valence-electron chi connectivity index (χ3n) is 6.02. The molecule has 2 fully saturated rings. The highest BCUT2D eigenvalue weighted by Gasteiger charge is 2.43. The number of hydrogen-bond donors (Lipinski definition) is 1. The molecule has 2 aromatic carbocycles. The van der Waals surface area contributed by atoms with Crippen LogP contribution in [-0.4, -0.2) is 57.2 Å². The fourth-order valence-corrected chi connectivity index (χ4v) is 4.15. The molecule has 2 unspecified atom stereocenters. The van der Waals surface area contributed by atoms with E-state index in [2.05, 4.69) is 5.32 Å². The molecule has 2 atom stereocenters. The second kappa shape index (κ2) is 8.88. The zero-order valence-corrected chi connectivity index (χ0v) is 18.1. The van der Waals surface area contributed by atoms with Gasteiger partial charge in [0.25, 0.3) is 5.91 Å². The Balaban J connectivity index is 1.63. The first-order chi connectivity index (χ1) is 15.0. The lowest BCUT2D eigenvalue weighted by Gasteiger charge is -2.21. The van der Waals surface area contributed by atoms with Gasteiger partial charge in [0.05, 0.1) is 27.2 Å². The molecule has 1 saturated carbocycles. The smallest absolute Gasteiger partial charge is 0.254 e. The summed E-state index contributed by atoms with van der Waals surface area (Å²) in [6, 6.07) is 13.0. The zero-order chi connectivity index (χ0) is 22.0. The highest BCUT2D eigenvalue weighted by molar-refractivity contribution is 5.95. The number of nitrogens with one attached hydrogen (secondary N) is 1. The predicted molar refractivity (Wildman–Crippen MR) is 116 cm³/mol. The first kappa shape index (κ1) is 21.0. The molecule has 1 saturated heterocycles. The van der Waals surface area contributed by atoms with E-state index in [1.807, 2.05) is 18.2 Å². The number of carbonyl (C=O) groups is 2. The van der Waals surface area contributed by atoms with E-state index in [4.69, 9.17) is 14.2 Å². The number of benzene rings is 2. The zero-order valence-electron chi connectivity index (χ0n) is 18.1. The summed E-state index contributed by atoms with van der Waals surface area (Å²) in [5, 5.41) is 3.11. The summed E-state index contributed by atoms with van der Waals surface area (Å²) in [4.78, 5) is 28.1. The highest BCUT2D eigenvalue weighted by atomic mass is 16.5. The van der Waals surface area contributed by atoms with Gasteiger partial charge < -0.3 is 24.4 Å². The van der Waals surface area contributed by atoms with Crippen molar-refractivity contribution in [3.05, 3.63) is 53.6 Å². The lowest BCUT2D eigenvalue weighted by Crippen LogP contribution is -2.36. The average molecular weight is 424 g/mol. The molecule has 0 aromatic heterocycles. The van der Waals surface area contributed by atoms with Crippen molar-refractivity contribution in [2.75, 3.05) is 34.4 Å². The Hall–Kier alpha value is -3.22. The minimum atomic E-state index is -0.350. The Labute approximate surface area is 182 Å². The van der Waals surface area contributed by atoms with E-state index in [1.165, 1.54) is 0 Å². The van der Waals surface area contributed by atoms with Gasteiger partial charge in [0.1, 0.15) is 17.2 Å². The minimum absolute atomic E-state index is 0.00804. The monoisotopic (exact) mass is 424 g/mol. The van der Waals surface area contributed by atoms with Crippen LogP contribution in [0.3, 0.4) is 0 Å². The van der Waals surface area contributed by atoms with E-state index < -0.39 is 0 Å². The third-order valence-corrected chi connectivity index (χ3v) is 6.02. The van der Waals surface area contributed by atoms with Crippen LogP contribution in [0, 0.1) is 5.92 Å². The van der Waals surface area contributed by atoms with Crippen LogP contribution < -0.4 is 19.5 Å². The quantitative estimate of drug-likeness (QED) is 0.740. The number of nitrogens with zero attached hydrogens (tertiary/aromatic N) is 1. The Kier molecular flexibility index (Phi) is 6.02. The molecule has 31 heavy (non-hydrogen) atoms. The minimum Gasteiger partial charge on any atom is -0.497 e. The van der Waals surface area contributed by atoms with E-state index in [1.54, 1.807) is 50.5 Å². The maximum atomic E-state index is 13.2. The Morgan fingerprint density at radius 2 is 1.68 bits per heavy atom. The molecule has 1 N–H and O–H groups in total. The van der Waals surface area contributed by atoms with Crippen molar-refractivity contribution in [2.24, 2.45) is 5.92 Å². The lowest BCUT2D eigenvalue weighted by atomic mass is 9.87. The molecule has 2 amide bonds. The largest absolute Gasteiger partial charge is 0.497 e. The number of rotatable bonds is 7. The van der Waals surface area contributed by atoms with Crippen molar-refractivity contribution in [3.63, 3.8) is 0 Å². The van der Waals surface area contributed by atoms with Crippen molar-refractivity contribution in [1.82, 2.24) is 10.2 Å². The normalized spacial score (nSPS) is 20.3. The van der Waals surface area contributed by atoms with Gasteiger partial charge in [-0.1, -0.05) is 12.1 Å². The van der Waals surface area contributed by atoms with Crippen molar-refractivity contribution >= 4 is 11.8 Å². The van der Waals surface area contributed by atoms with Gasteiger partial charge in [-0.3, -0.25) is 9.59 Å². The van der Waals surface area contributed by atoms with Crippen LogP contribution in [0.2, 0.25) is 0 Å². The molecule has 7 nitrogen and oxygen atoms in total. The standard InChI is InChI=1S/C24H28N2O5/c1-29-17-6-4-5-15(11-17)24(28)26-13-20(21(14-26)23(27)25-16-7-8-16)19-10-9-18(30-2)12-22(19)31-3/h4-6,9-12,16,20-21H,7-8,13-14H2,1-3H3,(H,25,27). The average Bonchev–Trinajstić information content (AvgIpc) is 3.51. The molecular weight excluding hydrogens is 396 g/mol. The van der Waals surface area contributed by atoms with Gasteiger partial charge in [-0.15, -0.1) is 0 Å². The van der Waals surface area contributed by atoms with Gasteiger partial charge in [0.2, 0.25) is 5.91 Å². The number of hydrogen-bond acceptors (Lipinski definition) is 5. The number of amides is 2. The van der Waals surface area contributed by atoms with Gasteiger partial charge in [-0.25, -0.2) is 0 Å². The summed E-state index contributed by atoms with van der Waals surface area (Å²) in [5.41, 5.74) is 1.45. The third kappa shape index (κ3) is 4.45. The number of likely N-dealkylation sites (tertiary alicyclic amines) is 1. The molecule has 1 aliphatic carbocycles. The fourth-order valence-electron chi connectivity index (χ4n) is 4.15. The Morgan fingerprint density at radius 3 is 2.35 bits per heavy atom. The van der Waals surface area contributed by atoms with Crippen LogP contribution in [-0.2, 0) is 4.79 Å². The van der Waals surface area contributed by atoms with E-state index in [-0.39, 0.29) is 29.7 Å². The van der Waals surface area contributed by atoms with Gasteiger partial charge in [-0.2, -0.15) is 0 Å². The second-order valence-electron chi connectivity index (χ2n) is 8.05. The van der Waals surface area contributed by atoms with Gasteiger partial charge in [0.15, 0.2) is 0 Å². The summed E-state index contributed by atoms with van der Waals surface area (Å²) in [6.45, 7) is 0.788. The van der Waals surface area contributed by atoms with E-state index in [9.17, 15) is 9.59 Å². The van der Waals surface area contributed by atoms with Crippen LogP contribution in [0.5, 0.6) is 17.2 Å². The summed E-state index contributed by atoms with van der Waals surface area (Å²) in [5.74, 6) is 1.32. The molecule has 2 aromatic rings. The molecule has 0 spiro atoms. The van der Waals surface area contributed by atoms with Gasteiger partial charge >= 0.3 is 0 Å². The molecule has 0 radical (unpaired) electrons.